The average Bonchev–Trinajstić information content (AvgIpc) is 2.47. The fourth-order valence-electron chi connectivity index (χ4n) is 2.18. The normalized spacial score (nSPS) is 13.9. The Bertz CT molecular complexity index is 366. The quantitative estimate of drug-likeness (QED) is 0.587. The number of halogens is 1. The van der Waals surface area contributed by atoms with Gasteiger partial charge in [-0.1, -0.05) is 24.9 Å². The Balaban J connectivity index is 2.18. The lowest BCUT2D eigenvalue weighted by Gasteiger charge is -2.18. The lowest BCUT2D eigenvalue weighted by atomic mass is 10.0. The molecule has 21 heavy (non-hydrogen) atoms. The SMILES string of the molecule is CCCC(CCO)CNCC(O)COc1ccc(Cl)cc1. The Morgan fingerprint density at radius 1 is 1.19 bits per heavy atom. The van der Waals surface area contributed by atoms with E-state index in [4.69, 9.17) is 21.4 Å². The molecule has 5 heteroatoms. The lowest BCUT2D eigenvalue weighted by Crippen LogP contribution is -2.34. The van der Waals surface area contributed by atoms with E-state index in [1.165, 1.54) is 0 Å². The molecule has 0 radical (unpaired) electrons. The van der Waals surface area contributed by atoms with Crippen LogP contribution in [0.1, 0.15) is 26.2 Å². The number of hydrogen-bond acceptors (Lipinski definition) is 4. The molecule has 0 saturated carbocycles. The molecule has 0 amide bonds. The minimum atomic E-state index is -0.558. The van der Waals surface area contributed by atoms with E-state index < -0.39 is 6.10 Å². The molecule has 1 aromatic carbocycles. The molecule has 1 aromatic rings. The maximum Gasteiger partial charge on any atom is 0.119 e. The van der Waals surface area contributed by atoms with Crippen molar-refractivity contribution in [2.24, 2.45) is 5.92 Å². The average molecular weight is 316 g/mol. The first-order valence-electron chi connectivity index (χ1n) is 7.53. The van der Waals surface area contributed by atoms with Crippen LogP contribution in [0.2, 0.25) is 5.02 Å². The molecule has 0 saturated heterocycles. The van der Waals surface area contributed by atoms with Crippen molar-refractivity contribution in [2.75, 3.05) is 26.3 Å². The molecule has 2 unspecified atom stereocenters. The second kappa shape index (κ2) is 10.9. The Labute approximate surface area is 132 Å². The summed E-state index contributed by atoms with van der Waals surface area (Å²) in [4.78, 5) is 0. The number of aliphatic hydroxyl groups excluding tert-OH is 2. The third-order valence-corrected chi connectivity index (χ3v) is 3.56. The van der Waals surface area contributed by atoms with Gasteiger partial charge in [0.1, 0.15) is 18.5 Å². The monoisotopic (exact) mass is 315 g/mol. The summed E-state index contributed by atoms with van der Waals surface area (Å²) in [6, 6.07) is 7.07. The summed E-state index contributed by atoms with van der Waals surface area (Å²) in [5, 5.41) is 22.8. The van der Waals surface area contributed by atoms with E-state index >= 15 is 0 Å². The van der Waals surface area contributed by atoms with Gasteiger partial charge in [0.2, 0.25) is 0 Å². The molecule has 4 nitrogen and oxygen atoms in total. The van der Waals surface area contributed by atoms with Crippen LogP contribution in [-0.2, 0) is 0 Å². The molecule has 0 aromatic heterocycles. The van der Waals surface area contributed by atoms with Gasteiger partial charge >= 0.3 is 0 Å². The second-order valence-electron chi connectivity index (χ2n) is 5.24. The van der Waals surface area contributed by atoms with Gasteiger partial charge < -0.3 is 20.3 Å². The predicted octanol–water partition coefficient (Wildman–Crippen LogP) is 2.47. The van der Waals surface area contributed by atoms with Gasteiger partial charge in [0.05, 0.1) is 0 Å². The van der Waals surface area contributed by atoms with Gasteiger partial charge in [0.25, 0.3) is 0 Å². The standard InChI is InChI=1S/C16H26ClNO3/c1-2-3-13(8-9-19)10-18-11-15(20)12-21-16-6-4-14(17)5-7-16/h4-7,13,15,18-20H,2-3,8-12H2,1H3. The first-order valence-corrected chi connectivity index (χ1v) is 7.91. The van der Waals surface area contributed by atoms with Crippen LogP contribution in [0.25, 0.3) is 0 Å². The van der Waals surface area contributed by atoms with Gasteiger partial charge in [-0.2, -0.15) is 0 Å². The third kappa shape index (κ3) is 8.27. The lowest BCUT2D eigenvalue weighted by molar-refractivity contribution is 0.105. The number of rotatable bonds is 11. The van der Waals surface area contributed by atoms with Gasteiger partial charge in [-0.05, 0) is 49.6 Å². The number of aliphatic hydroxyl groups is 2. The van der Waals surface area contributed by atoms with Gasteiger partial charge in [-0.15, -0.1) is 0 Å². The smallest absolute Gasteiger partial charge is 0.119 e. The highest BCUT2D eigenvalue weighted by molar-refractivity contribution is 6.30. The van der Waals surface area contributed by atoms with Crippen LogP contribution in [0.5, 0.6) is 5.75 Å². The van der Waals surface area contributed by atoms with Crippen LogP contribution in [0.3, 0.4) is 0 Å². The van der Waals surface area contributed by atoms with E-state index in [1.807, 2.05) is 0 Å². The van der Waals surface area contributed by atoms with E-state index in [9.17, 15) is 5.11 Å². The second-order valence-corrected chi connectivity index (χ2v) is 5.68. The first kappa shape index (κ1) is 18.2. The molecule has 0 fully saturated rings. The van der Waals surface area contributed by atoms with E-state index in [0.29, 0.717) is 23.2 Å². The van der Waals surface area contributed by atoms with Gasteiger partial charge in [0.15, 0.2) is 0 Å². The highest BCUT2D eigenvalue weighted by Gasteiger charge is 2.09. The summed E-state index contributed by atoms with van der Waals surface area (Å²) in [6.45, 7) is 3.90. The summed E-state index contributed by atoms with van der Waals surface area (Å²) in [5.74, 6) is 1.16. The van der Waals surface area contributed by atoms with E-state index in [2.05, 4.69) is 12.2 Å². The summed E-state index contributed by atoms with van der Waals surface area (Å²) < 4.78 is 5.49. The molecule has 0 heterocycles. The Hall–Kier alpha value is -0.810. The molecule has 3 N–H and O–H groups in total. The van der Waals surface area contributed by atoms with Crippen molar-refractivity contribution in [3.05, 3.63) is 29.3 Å². The van der Waals surface area contributed by atoms with Gasteiger partial charge in [-0.3, -0.25) is 0 Å². The van der Waals surface area contributed by atoms with E-state index in [0.717, 1.165) is 25.8 Å². The molecule has 120 valence electrons. The molecule has 0 aliphatic carbocycles. The Morgan fingerprint density at radius 2 is 1.90 bits per heavy atom. The number of nitrogens with one attached hydrogen (secondary N) is 1. The van der Waals surface area contributed by atoms with Crippen molar-refractivity contribution in [3.63, 3.8) is 0 Å². The highest BCUT2D eigenvalue weighted by Crippen LogP contribution is 2.15. The Kier molecular flexibility index (Phi) is 9.42. The van der Waals surface area contributed by atoms with Gasteiger partial charge in [-0.25, -0.2) is 0 Å². The van der Waals surface area contributed by atoms with Crippen molar-refractivity contribution in [1.82, 2.24) is 5.32 Å². The maximum atomic E-state index is 9.87. The molecule has 1 rings (SSSR count). The van der Waals surface area contributed by atoms with Crippen LogP contribution in [0.4, 0.5) is 0 Å². The van der Waals surface area contributed by atoms with Crippen molar-refractivity contribution in [3.8, 4) is 5.75 Å². The van der Waals surface area contributed by atoms with Crippen molar-refractivity contribution >= 4 is 11.6 Å². The third-order valence-electron chi connectivity index (χ3n) is 3.30. The number of ether oxygens (including phenoxy) is 1. The molecular formula is C16H26ClNO3. The van der Waals surface area contributed by atoms with Crippen LogP contribution in [-0.4, -0.2) is 42.6 Å². The fraction of sp³-hybridized carbons (Fsp3) is 0.625. The molecule has 0 aliphatic heterocycles. The van der Waals surface area contributed by atoms with Crippen LogP contribution >= 0.6 is 11.6 Å². The van der Waals surface area contributed by atoms with Crippen LogP contribution < -0.4 is 10.1 Å². The van der Waals surface area contributed by atoms with Crippen molar-refractivity contribution in [1.29, 1.82) is 0 Å². The fourth-order valence-corrected chi connectivity index (χ4v) is 2.30. The van der Waals surface area contributed by atoms with Crippen molar-refractivity contribution < 1.29 is 14.9 Å². The van der Waals surface area contributed by atoms with Crippen LogP contribution in [0.15, 0.2) is 24.3 Å². The van der Waals surface area contributed by atoms with Crippen LogP contribution in [0, 0.1) is 5.92 Å². The number of benzene rings is 1. The Morgan fingerprint density at radius 3 is 2.52 bits per heavy atom. The minimum Gasteiger partial charge on any atom is -0.491 e. The molecular weight excluding hydrogens is 290 g/mol. The molecule has 0 aliphatic rings. The largest absolute Gasteiger partial charge is 0.491 e. The zero-order valence-corrected chi connectivity index (χ0v) is 13.4. The molecule has 0 spiro atoms. The predicted molar refractivity (Wildman–Crippen MR) is 85.9 cm³/mol. The van der Waals surface area contributed by atoms with Gasteiger partial charge in [0, 0.05) is 18.2 Å². The zero-order valence-electron chi connectivity index (χ0n) is 12.6. The number of hydrogen-bond donors (Lipinski definition) is 3. The zero-order chi connectivity index (χ0) is 15.5. The summed E-state index contributed by atoms with van der Waals surface area (Å²) in [5.41, 5.74) is 0. The topological polar surface area (TPSA) is 61.7 Å². The summed E-state index contributed by atoms with van der Waals surface area (Å²) in [6.07, 6.45) is 2.44. The molecule has 0 bridgehead atoms. The van der Waals surface area contributed by atoms with E-state index in [-0.39, 0.29) is 13.2 Å². The first-order chi connectivity index (χ1) is 10.2. The molecule has 2 atom stereocenters. The van der Waals surface area contributed by atoms with Crippen molar-refractivity contribution in [2.45, 2.75) is 32.3 Å². The van der Waals surface area contributed by atoms with E-state index in [1.54, 1.807) is 24.3 Å². The maximum absolute atomic E-state index is 9.87. The minimum absolute atomic E-state index is 0.217. The summed E-state index contributed by atoms with van der Waals surface area (Å²) in [7, 11) is 0. The summed E-state index contributed by atoms with van der Waals surface area (Å²) >= 11 is 5.79. The highest BCUT2D eigenvalue weighted by atomic mass is 35.5.